The minimum absolute atomic E-state index is 0.00522. The number of carboxylic acid groups (broad SMARTS) is 1. The standard InChI is InChI=1S/C19H15Cl2F3N4O2/c1-2-28(7-5-15-14(20)8-11(10-27-15)19(22,23)24)16(13(9-25)18(29)30)12-4-3-6-26-17(12)21/h3-4,6,8,10H,2,5,7H2,1H3,(H,29,30). The van der Waals surface area contributed by atoms with E-state index in [1.807, 2.05) is 0 Å². The molecule has 0 saturated heterocycles. The maximum Gasteiger partial charge on any atom is 0.417 e. The van der Waals surface area contributed by atoms with Gasteiger partial charge in [-0.1, -0.05) is 23.2 Å². The van der Waals surface area contributed by atoms with Crippen LogP contribution in [0.3, 0.4) is 0 Å². The van der Waals surface area contributed by atoms with Crippen molar-refractivity contribution in [2.75, 3.05) is 13.1 Å². The lowest BCUT2D eigenvalue weighted by Crippen LogP contribution is -2.27. The van der Waals surface area contributed by atoms with Gasteiger partial charge in [-0.3, -0.25) is 4.98 Å². The molecule has 2 rings (SSSR count). The maximum atomic E-state index is 12.8. The fraction of sp³-hybridized carbons (Fsp3) is 0.263. The van der Waals surface area contributed by atoms with Gasteiger partial charge < -0.3 is 10.0 Å². The van der Waals surface area contributed by atoms with E-state index in [0.717, 1.165) is 6.07 Å². The molecule has 0 fully saturated rings. The summed E-state index contributed by atoms with van der Waals surface area (Å²) in [6.45, 7) is 2.12. The topological polar surface area (TPSA) is 90.1 Å². The number of aliphatic carboxylic acids is 1. The number of alkyl halides is 3. The zero-order valence-corrected chi connectivity index (χ0v) is 17.1. The molecule has 158 valence electrons. The highest BCUT2D eigenvalue weighted by molar-refractivity contribution is 6.31. The van der Waals surface area contributed by atoms with E-state index in [2.05, 4.69) is 9.97 Å². The Bertz CT molecular complexity index is 1020. The van der Waals surface area contributed by atoms with E-state index in [0.29, 0.717) is 6.20 Å². The smallest absolute Gasteiger partial charge is 0.417 e. The minimum Gasteiger partial charge on any atom is -0.477 e. The summed E-state index contributed by atoms with van der Waals surface area (Å²) in [5.41, 5.74) is -1.02. The van der Waals surface area contributed by atoms with Gasteiger partial charge in [0.25, 0.3) is 0 Å². The van der Waals surface area contributed by atoms with Crippen molar-refractivity contribution < 1.29 is 23.1 Å². The second-order valence-corrected chi connectivity index (χ2v) is 6.73. The fourth-order valence-electron chi connectivity index (χ4n) is 2.70. The van der Waals surface area contributed by atoms with Gasteiger partial charge in [0.1, 0.15) is 11.2 Å². The number of rotatable bonds is 7. The first-order valence-corrected chi connectivity index (χ1v) is 9.30. The van der Waals surface area contributed by atoms with Crippen LogP contribution < -0.4 is 0 Å². The first-order chi connectivity index (χ1) is 14.1. The van der Waals surface area contributed by atoms with E-state index < -0.39 is 23.3 Å². The van der Waals surface area contributed by atoms with Crippen LogP contribution in [0.5, 0.6) is 0 Å². The van der Waals surface area contributed by atoms with Crippen LogP contribution in [0.25, 0.3) is 5.70 Å². The third-order valence-corrected chi connectivity index (χ3v) is 4.77. The summed E-state index contributed by atoms with van der Waals surface area (Å²) in [4.78, 5) is 20.9. The van der Waals surface area contributed by atoms with Gasteiger partial charge in [-0.2, -0.15) is 18.4 Å². The normalized spacial score (nSPS) is 12.2. The minimum atomic E-state index is -4.57. The van der Waals surface area contributed by atoms with E-state index in [9.17, 15) is 28.3 Å². The molecular formula is C19H15Cl2F3N4O2. The van der Waals surface area contributed by atoms with Gasteiger partial charge in [0.05, 0.1) is 22.0 Å². The molecule has 0 radical (unpaired) electrons. The van der Waals surface area contributed by atoms with Gasteiger partial charge in [0, 0.05) is 37.5 Å². The van der Waals surface area contributed by atoms with Crippen molar-refractivity contribution in [2.24, 2.45) is 0 Å². The number of carbonyl (C=O) groups is 1. The summed E-state index contributed by atoms with van der Waals surface area (Å²) in [7, 11) is 0. The predicted octanol–water partition coefficient (Wildman–Crippen LogP) is 4.69. The first-order valence-electron chi connectivity index (χ1n) is 8.55. The van der Waals surface area contributed by atoms with Crippen molar-refractivity contribution >= 4 is 34.9 Å². The van der Waals surface area contributed by atoms with E-state index in [4.69, 9.17) is 23.2 Å². The van der Waals surface area contributed by atoms with Crippen LogP contribution in [0.2, 0.25) is 10.2 Å². The molecule has 0 amide bonds. The molecule has 2 aromatic heterocycles. The van der Waals surface area contributed by atoms with Gasteiger partial charge in [-0.05, 0) is 25.1 Å². The number of halogens is 5. The average Bonchev–Trinajstić information content (AvgIpc) is 2.68. The Morgan fingerprint density at radius 1 is 1.33 bits per heavy atom. The lowest BCUT2D eigenvalue weighted by Gasteiger charge is -2.27. The number of nitriles is 1. The van der Waals surface area contributed by atoms with Crippen LogP contribution in [0.4, 0.5) is 13.2 Å². The molecule has 0 aliphatic rings. The molecule has 30 heavy (non-hydrogen) atoms. The van der Waals surface area contributed by atoms with Crippen molar-refractivity contribution in [3.05, 3.63) is 63.2 Å². The number of nitrogens with zero attached hydrogens (tertiary/aromatic N) is 4. The van der Waals surface area contributed by atoms with Crippen molar-refractivity contribution in [1.82, 2.24) is 14.9 Å². The molecule has 1 N–H and O–H groups in total. The monoisotopic (exact) mass is 458 g/mol. The van der Waals surface area contributed by atoms with Crippen molar-refractivity contribution in [1.29, 1.82) is 5.26 Å². The molecule has 11 heteroatoms. The molecular weight excluding hydrogens is 444 g/mol. The molecule has 0 atom stereocenters. The van der Waals surface area contributed by atoms with Gasteiger partial charge >= 0.3 is 12.1 Å². The Kier molecular flexibility index (Phi) is 7.65. The predicted molar refractivity (Wildman–Crippen MR) is 105 cm³/mol. The van der Waals surface area contributed by atoms with Crippen LogP contribution in [0.1, 0.15) is 23.7 Å². The molecule has 2 aromatic rings. The van der Waals surface area contributed by atoms with Gasteiger partial charge in [-0.15, -0.1) is 0 Å². The van der Waals surface area contributed by atoms with Crippen LogP contribution in [0, 0.1) is 11.3 Å². The second-order valence-electron chi connectivity index (χ2n) is 5.96. The largest absolute Gasteiger partial charge is 0.477 e. The fourth-order valence-corrected chi connectivity index (χ4v) is 3.17. The zero-order valence-electron chi connectivity index (χ0n) is 15.5. The number of hydrogen-bond donors (Lipinski definition) is 1. The number of likely N-dealkylation sites (N-methyl/N-ethyl adjacent to an activating group) is 1. The van der Waals surface area contributed by atoms with Crippen molar-refractivity contribution in [3.63, 3.8) is 0 Å². The van der Waals surface area contributed by atoms with Gasteiger partial charge in [-0.25, -0.2) is 9.78 Å². The summed E-state index contributed by atoms with van der Waals surface area (Å²) in [5, 5.41) is 18.7. The van der Waals surface area contributed by atoms with Crippen molar-refractivity contribution in [3.8, 4) is 6.07 Å². The summed E-state index contributed by atoms with van der Waals surface area (Å²) < 4.78 is 38.4. The Morgan fingerprint density at radius 3 is 2.53 bits per heavy atom. The summed E-state index contributed by atoms with van der Waals surface area (Å²) in [6.07, 6.45) is -2.37. The van der Waals surface area contributed by atoms with Crippen LogP contribution in [0.15, 0.2) is 36.2 Å². The molecule has 0 aliphatic carbocycles. The van der Waals surface area contributed by atoms with E-state index in [1.165, 1.54) is 12.3 Å². The average molecular weight is 459 g/mol. The SMILES string of the molecule is CCN(CCc1ncc(C(F)(F)F)cc1Cl)C(=C(C#N)C(=O)O)c1cccnc1Cl. The Morgan fingerprint density at radius 2 is 2.03 bits per heavy atom. The van der Waals surface area contributed by atoms with Crippen molar-refractivity contribution in [2.45, 2.75) is 19.5 Å². The first kappa shape index (κ1) is 23.4. The molecule has 0 aliphatic heterocycles. The van der Waals surface area contributed by atoms with Gasteiger partial charge in [0.2, 0.25) is 0 Å². The lowest BCUT2D eigenvalue weighted by atomic mass is 10.1. The molecule has 0 aromatic carbocycles. The highest BCUT2D eigenvalue weighted by atomic mass is 35.5. The summed E-state index contributed by atoms with van der Waals surface area (Å²) in [6, 6.07) is 5.51. The zero-order chi connectivity index (χ0) is 22.5. The second kappa shape index (κ2) is 9.78. The quantitative estimate of drug-likeness (QED) is 0.367. The third kappa shape index (κ3) is 5.40. The van der Waals surface area contributed by atoms with Crippen LogP contribution in [-0.4, -0.2) is 39.0 Å². The highest BCUT2D eigenvalue weighted by Gasteiger charge is 2.31. The van der Waals surface area contributed by atoms with Gasteiger partial charge in [0.15, 0.2) is 5.57 Å². The summed E-state index contributed by atoms with van der Waals surface area (Å²) >= 11 is 12.1. The number of hydrogen-bond acceptors (Lipinski definition) is 5. The molecule has 0 spiro atoms. The van der Waals surface area contributed by atoms with Crippen LogP contribution >= 0.6 is 23.2 Å². The Balaban J connectivity index is 2.42. The lowest BCUT2D eigenvalue weighted by molar-refractivity contribution is -0.138. The Labute approximate surface area is 180 Å². The highest BCUT2D eigenvalue weighted by Crippen LogP contribution is 2.32. The maximum absolute atomic E-state index is 12.8. The third-order valence-electron chi connectivity index (χ3n) is 4.14. The van der Waals surface area contributed by atoms with Crippen LogP contribution in [-0.2, 0) is 17.4 Å². The van der Waals surface area contributed by atoms with E-state index in [-0.39, 0.29) is 46.6 Å². The number of pyridine rings is 2. The van der Waals surface area contributed by atoms with E-state index >= 15 is 0 Å². The molecule has 2 heterocycles. The van der Waals surface area contributed by atoms with E-state index in [1.54, 1.807) is 24.0 Å². The number of carboxylic acids is 1. The molecule has 0 saturated carbocycles. The molecule has 0 unspecified atom stereocenters. The molecule has 6 nitrogen and oxygen atoms in total. The summed E-state index contributed by atoms with van der Waals surface area (Å²) in [5.74, 6) is -1.45. The number of aromatic nitrogens is 2. The molecule has 0 bridgehead atoms. The Hall–Kier alpha value is -2.83.